The smallest absolute Gasteiger partial charge is 0.0615 e. The summed E-state index contributed by atoms with van der Waals surface area (Å²) in [5.74, 6) is 2.01. The Balaban J connectivity index is 1.65. The van der Waals surface area contributed by atoms with Crippen molar-refractivity contribution in [1.82, 2.24) is 10.2 Å². The van der Waals surface area contributed by atoms with Crippen molar-refractivity contribution in [3.8, 4) is 0 Å². The Morgan fingerprint density at radius 3 is 2.28 bits per heavy atom. The lowest BCUT2D eigenvalue weighted by Crippen LogP contribution is -2.43. The number of hydrogen-bond acceptors (Lipinski definition) is 3. The van der Waals surface area contributed by atoms with E-state index in [0.29, 0.717) is 6.04 Å². The van der Waals surface area contributed by atoms with Gasteiger partial charge in [0.25, 0.3) is 0 Å². The zero-order valence-electron chi connectivity index (χ0n) is 12.3. The van der Waals surface area contributed by atoms with Gasteiger partial charge in [-0.2, -0.15) is 0 Å². The first-order chi connectivity index (χ1) is 8.76. The van der Waals surface area contributed by atoms with E-state index in [9.17, 15) is 0 Å². The summed E-state index contributed by atoms with van der Waals surface area (Å²) in [6.45, 7) is 8.74. The minimum atomic E-state index is 0.530. The van der Waals surface area contributed by atoms with Gasteiger partial charge in [0, 0.05) is 32.3 Å². The molecule has 2 rings (SSSR count). The van der Waals surface area contributed by atoms with Gasteiger partial charge in [0.1, 0.15) is 0 Å². The van der Waals surface area contributed by atoms with Gasteiger partial charge in [-0.05, 0) is 51.0 Å². The molecular formula is C15H30N2O. The highest BCUT2D eigenvalue weighted by Gasteiger charge is 2.40. The minimum Gasteiger partial charge on any atom is -0.383 e. The molecule has 0 radical (unpaired) electrons. The predicted molar refractivity (Wildman–Crippen MR) is 75.8 cm³/mol. The fraction of sp³-hybridized carbons (Fsp3) is 1.00. The van der Waals surface area contributed by atoms with Crippen molar-refractivity contribution in [2.45, 2.75) is 51.6 Å². The van der Waals surface area contributed by atoms with E-state index in [-0.39, 0.29) is 0 Å². The maximum absolute atomic E-state index is 5.25. The van der Waals surface area contributed by atoms with Crippen molar-refractivity contribution in [1.29, 1.82) is 0 Å². The zero-order valence-corrected chi connectivity index (χ0v) is 12.3. The van der Waals surface area contributed by atoms with Crippen LogP contribution in [0.3, 0.4) is 0 Å². The topological polar surface area (TPSA) is 24.5 Å². The standard InChI is InChI=1S/C15H30N2O/c1-4-17(12(2)11-18-3)10-9-16-15(13-5-6-13)14-7-8-14/h12-16H,4-11H2,1-3H3. The normalized spacial score (nSPS) is 21.8. The van der Waals surface area contributed by atoms with Gasteiger partial charge in [0.15, 0.2) is 0 Å². The first-order valence-corrected chi connectivity index (χ1v) is 7.72. The first kappa shape index (κ1) is 14.3. The SMILES string of the molecule is CCN(CCNC(C1CC1)C1CC1)C(C)COC. The monoisotopic (exact) mass is 254 g/mol. The summed E-state index contributed by atoms with van der Waals surface area (Å²) in [6.07, 6.45) is 5.86. The van der Waals surface area contributed by atoms with E-state index in [1.165, 1.54) is 25.7 Å². The van der Waals surface area contributed by atoms with Crippen molar-refractivity contribution >= 4 is 0 Å². The van der Waals surface area contributed by atoms with Crippen LogP contribution in [0.4, 0.5) is 0 Å². The molecule has 0 bridgehead atoms. The molecule has 0 heterocycles. The Morgan fingerprint density at radius 1 is 1.22 bits per heavy atom. The second-order valence-corrected chi connectivity index (χ2v) is 6.09. The molecule has 0 spiro atoms. The average Bonchev–Trinajstić information content (AvgIpc) is 3.23. The summed E-state index contributed by atoms with van der Waals surface area (Å²) >= 11 is 0. The predicted octanol–water partition coefficient (Wildman–Crippen LogP) is 2.12. The van der Waals surface area contributed by atoms with Crippen molar-refractivity contribution in [3.63, 3.8) is 0 Å². The van der Waals surface area contributed by atoms with Gasteiger partial charge in [-0.3, -0.25) is 4.90 Å². The molecule has 3 heteroatoms. The second-order valence-electron chi connectivity index (χ2n) is 6.09. The summed E-state index contributed by atoms with van der Waals surface area (Å²) in [5.41, 5.74) is 0. The van der Waals surface area contributed by atoms with Crippen LogP contribution < -0.4 is 5.32 Å². The van der Waals surface area contributed by atoms with Gasteiger partial charge >= 0.3 is 0 Å². The fourth-order valence-electron chi connectivity index (χ4n) is 3.04. The van der Waals surface area contributed by atoms with Crippen LogP contribution in [0.2, 0.25) is 0 Å². The lowest BCUT2D eigenvalue weighted by molar-refractivity contribution is 0.102. The molecule has 0 aliphatic heterocycles. The third-order valence-corrected chi connectivity index (χ3v) is 4.48. The number of rotatable bonds is 10. The van der Waals surface area contributed by atoms with Crippen LogP contribution in [0.5, 0.6) is 0 Å². The molecular weight excluding hydrogens is 224 g/mol. The maximum Gasteiger partial charge on any atom is 0.0615 e. The lowest BCUT2D eigenvalue weighted by Gasteiger charge is -2.28. The fourth-order valence-corrected chi connectivity index (χ4v) is 3.04. The highest BCUT2D eigenvalue weighted by atomic mass is 16.5. The van der Waals surface area contributed by atoms with Crippen molar-refractivity contribution in [3.05, 3.63) is 0 Å². The quantitative estimate of drug-likeness (QED) is 0.646. The first-order valence-electron chi connectivity index (χ1n) is 7.72. The molecule has 3 nitrogen and oxygen atoms in total. The van der Waals surface area contributed by atoms with Crippen LogP contribution in [0, 0.1) is 11.8 Å². The van der Waals surface area contributed by atoms with Gasteiger partial charge in [-0.15, -0.1) is 0 Å². The summed E-state index contributed by atoms with van der Waals surface area (Å²) in [5, 5.41) is 3.82. The molecule has 2 aliphatic carbocycles. The third-order valence-electron chi connectivity index (χ3n) is 4.48. The van der Waals surface area contributed by atoms with E-state index in [0.717, 1.165) is 44.1 Å². The number of nitrogens with zero attached hydrogens (tertiary/aromatic N) is 1. The molecule has 0 aromatic carbocycles. The van der Waals surface area contributed by atoms with E-state index >= 15 is 0 Å². The van der Waals surface area contributed by atoms with Crippen LogP contribution >= 0.6 is 0 Å². The molecule has 0 amide bonds. The number of hydrogen-bond donors (Lipinski definition) is 1. The molecule has 0 saturated heterocycles. The molecule has 106 valence electrons. The molecule has 1 unspecified atom stereocenters. The molecule has 2 aliphatic rings. The minimum absolute atomic E-state index is 0.530. The van der Waals surface area contributed by atoms with Crippen LogP contribution in [-0.4, -0.2) is 50.3 Å². The van der Waals surface area contributed by atoms with E-state index in [2.05, 4.69) is 24.1 Å². The van der Waals surface area contributed by atoms with Gasteiger partial charge < -0.3 is 10.1 Å². The van der Waals surface area contributed by atoms with Crippen molar-refractivity contribution < 1.29 is 4.74 Å². The Hall–Kier alpha value is -0.120. The number of ether oxygens (including phenoxy) is 1. The van der Waals surface area contributed by atoms with E-state index in [1.807, 2.05) is 0 Å². The molecule has 0 aromatic rings. The second kappa shape index (κ2) is 6.88. The van der Waals surface area contributed by atoms with Gasteiger partial charge in [0.2, 0.25) is 0 Å². The lowest BCUT2D eigenvalue weighted by atomic mass is 10.1. The Bertz CT molecular complexity index is 227. The maximum atomic E-state index is 5.25. The molecule has 1 N–H and O–H groups in total. The molecule has 18 heavy (non-hydrogen) atoms. The molecule has 0 aromatic heterocycles. The van der Waals surface area contributed by atoms with Gasteiger partial charge in [-0.25, -0.2) is 0 Å². The van der Waals surface area contributed by atoms with Crippen LogP contribution in [-0.2, 0) is 4.74 Å². The summed E-state index contributed by atoms with van der Waals surface area (Å²) in [6, 6.07) is 1.36. The summed E-state index contributed by atoms with van der Waals surface area (Å²) < 4.78 is 5.25. The van der Waals surface area contributed by atoms with Crippen LogP contribution in [0.15, 0.2) is 0 Å². The highest BCUT2D eigenvalue weighted by molar-refractivity contribution is 4.96. The number of methoxy groups -OCH3 is 1. The highest BCUT2D eigenvalue weighted by Crippen LogP contribution is 2.44. The molecule has 1 atom stereocenters. The number of likely N-dealkylation sites (N-methyl/N-ethyl adjacent to an activating group) is 1. The van der Waals surface area contributed by atoms with Gasteiger partial charge in [-0.1, -0.05) is 6.92 Å². The van der Waals surface area contributed by atoms with E-state index < -0.39 is 0 Å². The van der Waals surface area contributed by atoms with Crippen molar-refractivity contribution in [2.24, 2.45) is 11.8 Å². The summed E-state index contributed by atoms with van der Waals surface area (Å²) in [7, 11) is 1.79. The van der Waals surface area contributed by atoms with Crippen molar-refractivity contribution in [2.75, 3.05) is 33.4 Å². The molecule has 2 saturated carbocycles. The Labute approximate surface area is 112 Å². The molecule has 2 fully saturated rings. The van der Waals surface area contributed by atoms with E-state index in [1.54, 1.807) is 7.11 Å². The van der Waals surface area contributed by atoms with E-state index in [4.69, 9.17) is 4.74 Å². The average molecular weight is 254 g/mol. The zero-order chi connectivity index (χ0) is 13.0. The van der Waals surface area contributed by atoms with Crippen LogP contribution in [0.25, 0.3) is 0 Å². The van der Waals surface area contributed by atoms with Gasteiger partial charge in [0.05, 0.1) is 6.61 Å². The Morgan fingerprint density at radius 2 is 1.83 bits per heavy atom. The Kier molecular flexibility index (Phi) is 5.46. The largest absolute Gasteiger partial charge is 0.383 e. The summed E-state index contributed by atoms with van der Waals surface area (Å²) in [4.78, 5) is 2.51. The third kappa shape index (κ3) is 4.22. The number of nitrogens with one attached hydrogen (secondary N) is 1. The van der Waals surface area contributed by atoms with Crippen LogP contribution in [0.1, 0.15) is 39.5 Å².